The average molecular weight is 434 g/mol. The van der Waals surface area contributed by atoms with Crippen molar-refractivity contribution in [3.05, 3.63) is 41.5 Å². The normalized spacial score (nSPS) is 14.3. The number of amides is 1. The van der Waals surface area contributed by atoms with E-state index >= 15 is 0 Å². The van der Waals surface area contributed by atoms with Crippen molar-refractivity contribution < 1.29 is 19.4 Å². The molecule has 0 aliphatic heterocycles. The Morgan fingerprint density at radius 3 is 2.29 bits per heavy atom. The molecule has 0 radical (unpaired) electrons. The minimum atomic E-state index is -0.980. The number of carboxylic acids is 1. The Balaban J connectivity index is 2.69. The molecule has 0 saturated carbocycles. The SMILES string of the molecule is CCOc1ccc(C(C)(C)[C@@H](CNCC(=O)N[C@H](/C=C(\C)C(=O)O)C(C)C)NC)cc1. The Labute approximate surface area is 186 Å². The highest BCUT2D eigenvalue weighted by molar-refractivity contribution is 5.86. The highest BCUT2D eigenvalue weighted by Gasteiger charge is 2.30. The molecule has 0 spiro atoms. The van der Waals surface area contributed by atoms with Crippen molar-refractivity contribution in [2.24, 2.45) is 5.92 Å². The maximum atomic E-state index is 12.4. The van der Waals surface area contributed by atoms with Crippen molar-refractivity contribution in [3.63, 3.8) is 0 Å². The monoisotopic (exact) mass is 433 g/mol. The first-order valence-electron chi connectivity index (χ1n) is 10.8. The lowest BCUT2D eigenvalue weighted by molar-refractivity contribution is -0.132. The van der Waals surface area contributed by atoms with E-state index in [2.05, 4.69) is 41.9 Å². The molecule has 0 unspecified atom stereocenters. The average Bonchev–Trinajstić information content (AvgIpc) is 2.70. The quantitative estimate of drug-likeness (QED) is 0.357. The molecule has 0 heterocycles. The molecule has 7 heteroatoms. The standard InChI is InChI=1S/C24H39N3O4/c1-8-31-19-11-9-18(10-12-19)24(5,6)21(25-7)14-26-15-22(28)27-20(16(2)3)13-17(4)23(29)30/h9-13,16,20-21,25-26H,8,14-15H2,1-7H3,(H,27,28)(H,29,30)/b17-13+/t20-,21-/m1/s1. The summed E-state index contributed by atoms with van der Waals surface area (Å²) in [6.07, 6.45) is 1.59. The highest BCUT2D eigenvalue weighted by Crippen LogP contribution is 2.28. The van der Waals surface area contributed by atoms with Gasteiger partial charge in [0.1, 0.15) is 5.75 Å². The third-order valence-corrected chi connectivity index (χ3v) is 5.58. The summed E-state index contributed by atoms with van der Waals surface area (Å²) in [4.78, 5) is 23.5. The van der Waals surface area contributed by atoms with E-state index in [0.29, 0.717) is 13.2 Å². The Morgan fingerprint density at radius 2 is 1.81 bits per heavy atom. The van der Waals surface area contributed by atoms with E-state index in [1.165, 1.54) is 12.5 Å². The summed E-state index contributed by atoms with van der Waals surface area (Å²) in [5.41, 5.74) is 1.22. The lowest BCUT2D eigenvalue weighted by Gasteiger charge is -2.35. The summed E-state index contributed by atoms with van der Waals surface area (Å²) >= 11 is 0. The maximum Gasteiger partial charge on any atom is 0.331 e. The van der Waals surface area contributed by atoms with Crippen LogP contribution in [0.15, 0.2) is 35.9 Å². The fourth-order valence-corrected chi connectivity index (χ4v) is 3.38. The summed E-state index contributed by atoms with van der Waals surface area (Å²) in [7, 11) is 1.91. The summed E-state index contributed by atoms with van der Waals surface area (Å²) in [6.45, 7) is 13.1. The second-order valence-corrected chi connectivity index (χ2v) is 8.64. The first-order valence-corrected chi connectivity index (χ1v) is 10.8. The number of nitrogens with one attached hydrogen (secondary N) is 3. The lowest BCUT2D eigenvalue weighted by Crippen LogP contribution is -2.51. The molecule has 1 amide bonds. The van der Waals surface area contributed by atoms with Crippen LogP contribution in [0.2, 0.25) is 0 Å². The molecular formula is C24H39N3O4. The number of aliphatic carboxylic acids is 1. The van der Waals surface area contributed by atoms with Gasteiger partial charge >= 0.3 is 5.97 Å². The Hall–Kier alpha value is -2.38. The van der Waals surface area contributed by atoms with Gasteiger partial charge in [-0.1, -0.05) is 45.9 Å². The number of carbonyl (C=O) groups is 2. The van der Waals surface area contributed by atoms with Crippen molar-refractivity contribution >= 4 is 11.9 Å². The molecule has 0 aliphatic carbocycles. The van der Waals surface area contributed by atoms with Crippen molar-refractivity contribution in [2.45, 2.75) is 59.0 Å². The Bertz CT molecular complexity index is 742. The zero-order valence-electron chi connectivity index (χ0n) is 19.9. The number of hydrogen-bond donors (Lipinski definition) is 4. The Kier molecular flexibility index (Phi) is 10.7. The Morgan fingerprint density at radius 1 is 1.19 bits per heavy atom. The fourth-order valence-electron chi connectivity index (χ4n) is 3.38. The van der Waals surface area contributed by atoms with Gasteiger partial charge in [0.15, 0.2) is 0 Å². The highest BCUT2D eigenvalue weighted by atomic mass is 16.5. The van der Waals surface area contributed by atoms with E-state index in [0.717, 1.165) is 5.75 Å². The number of ether oxygens (including phenoxy) is 1. The minimum absolute atomic E-state index is 0.0851. The van der Waals surface area contributed by atoms with E-state index in [-0.39, 0.29) is 41.4 Å². The van der Waals surface area contributed by atoms with E-state index in [1.54, 1.807) is 6.08 Å². The predicted molar refractivity (Wildman–Crippen MR) is 125 cm³/mol. The molecule has 1 rings (SSSR count). The molecule has 0 bridgehead atoms. The minimum Gasteiger partial charge on any atom is -0.494 e. The summed E-state index contributed by atoms with van der Waals surface area (Å²) < 4.78 is 5.53. The van der Waals surface area contributed by atoms with Crippen LogP contribution in [0.4, 0.5) is 0 Å². The van der Waals surface area contributed by atoms with Gasteiger partial charge in [-0.3, -0.25) is 4.79 Å². The number of benzene rings is 1. The zero-order chi connectivity index (χ0) is 23.6. The summed E-state index contributed by atoms with van der Waals surface area (Å²) in [6, 6.07) is 7.87. The number of carbonyl (C=O) groups excluding carboxylic acids is 1. The van der Waals surface area contributed by atoms with Crippen LogP contribution in [0.3, 0.4) is 0 Å². The molecule has 2 atom stereocenters. The number of likely N-dealkylation sites (N-methyl/N-ethyl adjacent to an activating group) is 1. The molecule has 31 heavy (non-hydrogen) atoms. The second-order valence-electron chi connectivity index (χ2n) is 8.64. The van der Waals surface area contributed by atoms with Gasteiger partial charge in [0.05, 0.1) is 19.2 Å². The third-order valence-electron chi connectivity index (χ3n) is 5.58. The zero-order valence-corrected chi connectivity index (χ0v) is 19.9. The number of hydrogen-bond acceptors (Lipinski definition) is 5. The van der Waals surface area contributed by atoms with Crippen LogP contribution in [-0.2, 0) is 15.0 Å². The first-order chi connectivity index (χ1) is 14.5. The second kappa shape index (κ2) is 12.5. The largest absolute Gasteiger partial charge is 0.494 e. The summed E-state index contributed by atoms with van der Waals surface area (Å²) in [5, 5.41) is 18.6. The van der Waals surface area contributed by atoms with Crippen molar-refractivity contribution in [3.8, 4) is 5.75 Å². The number of rotatable bonds is 13. The molecule has 0 saturated heterocycles. The van der Waals surface area contributed by atoms with Crippen LogP contribution in [0, 0.1) is 5.92 Å². The molecule has 1 aromatic carbocycles. The third kappa shape index (κ3) is 8.34. The molecule has 174 valence electrons. The van der Waals surface area contributed by atoms with Gasteiger partial charge in [-0.05, 0) is 44.5 Å². The van der Waals surface area contributed by atoms with Crippen molar-refractivity contribution in [1.29, 1.82) is 0 Å². The molecule has 0 aliphatic rings. The van der Waals surface area contributed by atoms with Crippen LogP contribution in [0.5, 0.6) is 5.75 Å². The maximum absolute atomic E-state index is 12.4. The summed E-state index contributed by atoms with van der Waals surface area (Å²) in [5.74, 6) is -0.208. The topological polar surface area (TPSA) is 99.7 Å². The predicted octanol–water partition coefficient (Wildman–Crippen LogP) is 2.71. The van der Waals surface area contributed by atoms with Crippen molar-refractivity contribution in [1.82, 2.24) is 16.0 Å². The number of carboxylic acid groups (broad SMARTS) is 1. The molecule has 1 aromatic rings. The van der Waals surface area contributed by atoms with Crippen LogP contribution >= 0.6 is 0 Å². The van der Waals surface area contributed by atoms with Gasteiger partial charge in [0.25, 0.3) is 0 Å². The van der Waals surface area contributed by atoms with Gasteiger partial charge in [-0.25, -0.2) is 4.79 Å². The molecule has 0 fully saturated rings. The molecule has 7 nitrogen and oxygen atoms in total. The molecule has 0 aromatic heterocycles. The van der Waals surface area contributed by atoms with Gasteiger partial charge in [0, 0.05) is 23.6 Å². The van der Waals surface area contributed by atoms with Gasteiger partial charge < -0.3 is 25.8 Å². The van der Waals surface area contributed by atoms with E-state index in [4.69, 9.17) is 9.84 Å². The van der Waals surface area contributed by atoms with E-state index in [9.17, 15) is 9.59 Å². The van der Waals surface area contributed by atoms with E-state index in [1.807, 2.05) is 40.0 Å². The van der Waals surface area contributed by atoms with Crippen LogP contribution in [0.25, 0.3) is 0 Å². The fraction of sp³-hybridized carbons (Fsp3) is 0.583. The van der Waals surface area contributed by atoms with Crippen LogP contribution < -0.4 is 20.7 Å². The van der Waals surface area contributed by atoms with Crippen LogP contribution in [-0.4, -0.2) is 55.8 Å². The lowest BCUT2D eigenvalue weighted by atomic mass is 9.77. The molecule has 4 N–H and O–H groups in total. The van der Waals surface area contributed by atoms with Gasteiger partial charge in [-0.15, -0.1) is 0 Å². The van der Waals surface area contributed by atoms with E-state index < -0.39 is 5.97 Å². The molecular weight excluding hydrogens is 394 g/mol. The smallest absolute Gasteiger partial charge is 0.331 e. The van der Waals surface area contributed by atoms with Crippen molar-refractivity contribution in [2.75, 3.05) is 26.7 Å². The van der Waals surface area contributed by atoms with Crippen LogP contribution in [0.1, 0.15) is 47.1 Å². The van der Waals surface area contributed by atoms with Gasteiger partial charge in [0.2, 0.25) is 5.91 Å². The van der Waals surface area contributed by atoms with Gasteiger partial charge in [-0.2, -0.15) is 0 Å². The first kappa shape index (κ1) is 26.7.